The second-order valence-corrected chi connectivity index (χ2v) is 14.4. The number of aromatic nitrogens is 5. The zero-order chi connectivity index (χ0) is 34.3. The molecule has 0 spiro atoms. The van der Waals surface area contributed by atoms with E-state index in [9.17, 15) is 0 Å². The summed E-state index contributed by atoms with van der Waals surface area (Å²) in [5.41, 5.74) is 12.9. The Kier molecular flexibility index (Phi) is 6.37. The Balaban J connectivity index is 1.25. The molecule has 0 aliphatic heterocycles. The molecule has 10 rings (SSSR count). The lowest BCUT2D eigenvalue weighted by molar-refractivity contribution is 0.591. The Morgan fingerprint density at radius 2 is 1.27 bits per heavy atom. The van der Waals surface area contributed by atoms with Crippen molar-refractivity contribution in [3.63, 3.8) is 0 Å². The lowest BCUT2D eigenvalue weighted by Crippen LogP contribution is -2.11. The van der Waals surface area contributed by atoms with Gasteiger partial charge in [-0.25, -0.2) is 9.97 Å². The third-order valence-corrected chi connectivity index (χ3v) is 10.3. The van der Waals surface area contributed by atoms with Crippen LogP contribution in [0.5, 0.6) is 0 Å². The van der Waals surface area contributed by atoms with E-state index in [0.717, 1.165) is 72.5 Å². The molecular formula is C46H35N5. The summed E-state index contributed by atoms with van der Waals surface area (Å²) in [5, 5.41) is 4.78. The molecule has 4 aromatic heterocycles. The molecule has 0 unspecified atom stereocenters. The Bertz CT molecular complexity index is 2900. The molecule has 244 valence electrons. The fourth-order valence-electron chi connectivity index (χ4n) is 7.78. The zero-order valence-corrected chi connectivity index (χ0v) is 28.7. The molecule has 5 heteroatoms. The van der Waals surface area contributed by atoms with Crippen LogP contribution >= 0.6 is 0 Å². The number of hydrogen-bond donors (Lipinski definition) is 1. The topological polar surface area (TPSA) is 51.4 Å². The van der Waals surface area contributed by atoms with Crippen molar-refractivity contribution in [2.75, 3.05) is 0 Å². The van der Waals surface area contributed by atoms with Gasteiger partial charge in [-0.05, 0) is 83.3 Å². The zero-order valence-electron chi connectivity index (χ0n) is 28.7. The van der Waals surface area contributed by atoms with Crippen LogP contribution in [0.15, 0.2) is 152 Å². The molecule has 1 N–H and O–H groups in total. The van der Waals surface area contributed by atoms with Crippen LogP contribution < -0.4 is 0 Å². The van der Waals surface area contributed by atoms with Gasteiger partial charge in [0.1, 0.15) is 11.5 Å². The fraction of sp³-hybridized carbons (Fsp3) is 0.0870. The molecule has 0 fully saturated rings. The molecule has 4 heterocycles. The highest BCUT2D eigenvalue weighted by molar-refractivity contribution is 6.12. The summed E-state index contributed by atoms with van der Waals surface area (Å²) in [6.07, 6.45) is 1.87. The molecule has 0 atom stereocenters. The van der Waals surface area contributed by atoms with E-state index in [2.05, 4.69) is 174 Å². The first-order valence-electron chi connectivity index (χ1n) is 17.5. The van der Waals surface area contributed by atoms with Crippen LogP contribution in [0.1, 0.15) is 26.3 Å². The SMILES string of the molecule is CC(C)(C)c1cc(-c2nc3c(-c4cccc(-n5c6ccccc6c6cccnc65)c4)cccc3n2-c2ccccc2)c2[nH]c3ccccc3c2c1. The first-order valence-corrected chi connectivity index (χ1v) is 17.5. The molecule has 0 saturated heterocycles. The number of hydrogen-bond acceptors (Lipinski definition) is 2. The minimum atomic E-state index is -0.0574. The summed E-state index contributed by atoms with van der Waals surface area (Å²) in [6, 6.07) is 51.9. The predicted molar refractivity (Wildman–Crippen MR) is 212 cm³/mol. The van der Waals surface area contributed by atoms with Gasteiger partial charge < -0.3 is 4.98 Å². The minimum Gasteiger partial charge on any atom is -0.354 e. The largest absolute Gasteiger partial charge is 0.354 e. The van der Waals surface area contributed by atoms with E-state index in [-0.39, 0.29) is 5.41 Å². The van der Waals surface area contributed by atoms with Crippen LogP contribution in [-0.4, -0.2) is 24.1 Å². The number of para-hydroxylation sites is 4. The second-order valence-electron chi connectivity index (χ2n) is 14.4. The number of rotatable bonds is 4. The molecule has 0 saturated carbocycles. The summed E-state index contributed by atoms with van der Waals surface area (Å²) in [5.74, 6) is 0.911. The molecule has 0 amide bonds. The fourth-order valence-corrected chi connectivity index (χ4v) is 7.78. The molecule has 5 nitrogen and oxygen atoms in total. The Morgan fingerprint density at radius 1 is 0.549 bits per heavy atom. The van der Waals surface area contributed by atoms with Crippen molar-refractivity contribution in [2.24, 2.45) is 0 Å². The van der Waals surface area contributed by atoms with Crippen LogP contribution in [0.3, 0.4) is 0 Å². The van der Waals surface area contributed by atoms with E-state index in [1.165, 1.54) is 21.7 Å². The van der Waals surface area contributed by atoms with Crippen molar-refractivity contribution in [3.8, 4) is 33.9 Å². The molecule has 0 aliphatic carbocycles. The average Bonchev–Trinajstić information content (AvgIpc) is 3.84. The van der Waals surface area contributed by atoms with Crippen molar-refractivity contribution < 1.29 is 0 Å². The Labute approximate surface area is 295 Å². The monoisotopic (exact) mass is 657 g/mol. The van der Waals surface area contributed by atoms with Crippen molar-refractivity contribution in [2.45, 2.75) is 26.2 Å². The van der Waals surface area contributed by atoms with Crippen LogP contribution in [0, 0.1) is 0 Å². The molecule has 51 heavy (non-hydrogen) atoms. The smallest absolute Gasteiger partial charge is 0.147 e. The number of fused-ring (bicyclic) bond motifs is 7. The highest BCUT2D eigenvalue weighted by Crippen LogP contribution is 2.41. The molecule has 6 aromatic carbocycles. The van der Waals surface area contributed by atoms with Crippen LogP contribution in [0.25, 0.3) is 88.7 Å². The number of aromatic amines is 1. The second kappa shape index (κ2) is 11.0. The number of nitrogens with one attached hydrogen (secondary N) is 1. The van der Waals surface area contributed by atoms with Crippen molar-refractivity contribution in [3.05, 3.63) is 157 Å². The van der Waals surface area contributed by atoms with Crippen LogP contribution in [-0.2, 0) is 5.41 Å². The quantitative estimate of drug-likeness (QED) is 0.205. The highest BCUT2D eigenvalue weighted by atomic mass is 15.1. The van der Waals surface area contributed by atoms with E-state index in [1.807, 2.05) is 12.3 Å². The van der Waals surface area contributed by atoms with E-state index in [0.29, 0.717) is 0 Å². The number of imidazole rings is 1. The maximum Gasteiger partial charge on any atom is 0.147 e. The molecule has 0 aliphatic rings. The third-order valence-electron chi connectivity index (χ3n) is 10.3. The van der Waals surface area contributed by atoms with Gasteiger partial charge in [-0.3, -0.25) is 9.13 Å². The Morgan fingerprint density at radius 3 is 2.14 bits per heavy atom. The predicted octanol–water partition coefficient (Wildman–Crippen LogP) is 11.8. The van der Waals surface area contributed by atoms with Gasteiger partial charge in [0.15, 0.2) is 0 Å². The maximum atomic E-state index is 5.60. The van der Waals surface area contributed by atoms with Gasteiger partial charge in [0.2, 0.25) is 0 Å². The summed E-state index contributed by atoms with van der Waals surface area (Å²) >= 11 is 0. The number of nitrogens with zero attached hydrogens (tertiary/aromatic N) is 4. The lowest BCUT2D eigenvalue weighted by atomic mass is 9.85. The van der Waals surface area contributed by atoms with Crippen molar-refractivity contribution in [1.82, 2.24) is 24.1 Å². The molecule has 0 radical (unpaired) electrons. The summed E-state index contributed by atoms with van der Waals surface area (Å²) in [6.45, 7) is 6.85. The third kappa shape index (κ3) is 4.55. The van der Waals surface area contributed by atoms with Crippen LogP contribution in [0.2, 0.25) is 0 Å². The Hall–Kier alpha value is -6.46. The summed E-state index contributed by atoms with van der Waals surface area (Å²) in [7, 11) is 0. The molecule has 10 aromatic rings. The summed E-state index contributed by atoms with van der Waals surface area (Å²) in [4.78, 5) is 14.2. The standard InChI is InChI=1S/C46H35N5/c1-46(2,3)30-27-37-34-18-7-9-22-39(34)48-42(37)38(28-30)45-49-43-33(20-12-24-41(43)50(45)31-15-5-4-6-16-31)29-14-11-17-32(26-29)51-40-23-10-8-19-35(40)36-21-13-25-47-44(36)51/h4-28,48H,1-3H3. The lowest BCUT2D eigenvalue weighted by Gasteiger charge is -2.21. The number of pyridine rings is 1. The first kappa shape index (κ1) is 29.5. The van der Waals surface area contributed by atoms with Crippen molar-refractivity contribution >= 4 is 54.8 Å². The van der Waals surface area contributed by atoms with Gasteiger partial charge in [-0.15, -0.1) is 0 Å². The van der Waals surface area contributed by atoms with E-state index < -0.39 is 0 Å². The molecule has 0 bridgehead atoms. The van der Waals surface area contributed by atoms with Gasteiger partial charge in [-0.1, -0.05) is 99.6 Å². The number of H-pyrrole nitrogens is 1. The van der Waals surface area contributed by atoms with Gasteiger partial charge in [0.25, 0.3) is 0 Å². The number of benzene rings is 6. The van der Waals surface area contributed by atoms with Gasteiger partial charge >= 0.3 is 0 Å². The molecular weight excluding hydrogens is 623 g/mol. The minimum absolute atomic E-state index is 0.0574. The van der Waals surface area contributed by atoms with E-state index in [4.69, 9.17) is 9.97 Å². The normalized spacial score (nSPS) is 12.2. The van der Waals surface area contributed by atoms with E-state index >= 15 is 0 Å². The highest BCUT2D eigenvalue weighted by Gasteiger charge is 2.24. The van der Waals surface area contributed by atoms with Crippen LogP contribution in [0.4, 0.5) is 0 Å². The van der Waals surface area contributed by atoms with Gasteiger partial charge in [-0.2, -0.15) is 0 Å². The van der Waals surface area contributed by atoms with Gasteiger partial charge in [0.05, 0.1) is 22.1 Å². The average molecular weight is 658 g/mol. The maximum absolute atomic E-state index is 5.60. The first-order chi connectivity index (χ1) is 24.9. The van der Waals surface area contributed by atoms with E-state index in [1.54, 1.807) is 0 Å². The van der Waals surface area contributed by atoms with Crippen molar-refractivity contribution in [1.29, 1.82) is 0 Å². The van der Waals surface area contributed by atoms with Gasteiger partial charge in [0, 0.05) is 55.8 Å². The summed E-state index contributed by atoms with van der Waals surface area (Å²) < 4.78 is 4.60.